The van der Waals surface area contributed by atoms with Gasteiger partial charge in [-0.3, -0.25) is 4.79 Å². The molecular weight excluding hydrogens is 159 g/mol. The summed E-state index contributed by atoms with van der Waals surface area (Å²) >= 11 is 0. The molecule has 1 aliphatic heterocycles. The number of nitrogens with one attached hydrogen (secondary N) is 1. The fourth-order valence-electron chi connectivity index (χ4n) is 1.30. The van der Waals surface area contributed by atoms with Crippen LogP contribution in [0.3, 0.4) is 0 Å². The van der Waals surface area contributed by atoms with Crippen molar-refractivity contribution in [1.29, 1.82) is 0 Å². The van der Waals surface area contributed by atoms with Crippen LogP contribution in [0.1, 0.15) is 15.9 Å². The van der Waals surface area contributed by atoms with Gasteiger partial charge in [-0.15, -0.1) is 0 Å². The van der Waals surface area contributed by atoms with Crippen LogP contribution in [-0.4, -0.2) is 5.91 Å². The minimum absolute atomic E-state index is 0.254. The molecule has 1 amide bonds. The Morgan fingerprint density at radius 1 is 1.50 bits per heavy atom. The molecule has 0 saturated heterocycles. The molecule has 0 spiro atoms. The predicted molar refractivity (Wildman–Crippen MR) is 42.0 cm³/mol. The van der Waals surface area contributed by atoms with E-state index in [0.717, 1.165) is 0 Å². The van der Waals surface area contributed by atoms with Crippen LogP contribution < -0.4 is 11.1 Å². The average molecular weight is 166 g/mol. The number of nitrogens with two attached hydrogens (primary N) is 1. The number of carbonyl (C=O) groups is 1. The van der Waals surface area contributed by atoms with Crippen LogP contribution >= 0.6 is 0 Å². The third-order valence-corrected chi connectivity index (χ3v) is 1.89. The molecule has 0 bridgehead atoms. The number of fused-ring (bicyclic) bond motifs is 1. The lowest BCUT2D eigenvalue weighted by Gasteiger charge is -1.98. The highest BCUT2D eigenvalue weighted by atomic mass is 19.1. The van der Waals surface area contributed by atoms with Crippen LogP contribution in [0.2, 0.25) is 0 Å². The summed E-state index contributed by atoms with van der Waals surface area (Å²) in [6.07, 6.45) is 0. The summed E-state index contributed by atoms with van der Waals surface area (Å²) < 4.78 is 13.1. The highest BCUT2D eigenvalue weighted by Crippen LogP contribution is 2.21. The molecule has 4 heteroatoms. The first-order valence-electron chi connectivity index (χ1n) is 3.54. The number of carbonyl (C=O) groups excluding carboxylic acids is 1. The Morgan fingerprint density at radius 2 is 2.25 bits per heavy atom. The van der Waals surface area contributed by atoms with E-state index in [1.165, 1.54) is 12.1 Å². The lowest BCUT2D eigenvalue weighted by Crippen LogP contribution is -2.12. The van der Waals surface area contributed by atoms with Gasteiger partial charge in [-0.2, -0.15) is 0 Å². The number of anilines is 1. The van der Waals surface area contributed by atoms with E-state index in [4.69, 9.17) is 5.73 Å². The lowest BCUT2D eigenvalue weighted by atomic mass is 10.1. The SMILES string of the molecule is Nc1cc(F)c2c(c1)C(=O)NC2. The fraction of sp³-hybridized carbons (Fsp3) is 0.125. The van der Waals surface area contributed by atoms with Crippen LogP contribution in [-0.2, 0) is 6.54 Å². The number of amides is 1. The van der Waals surface area contributed by atoms with E-state index in [9.17, 15) is 9.18 Å². The fourth-order valence-corrected chi connectivity index (χ4v) is 1.30. The van der Waals surface area contributed by atoms with Gasteiger partial charge in [0.2, 0.25) is 0 Å². The zero-order valence-electron chi connectivity index (χ0n) is 6.23. The van der Waals surface area contributed by atoms with Gasteiger partial charge >= 0.3 is 0 Å². The van der Waals surface area contributed by atoms with E-state index >= 15 is 0 Å². The zero-order valence-corrected chi connectivity index (χ0v) is 6.23. The van der Waals surface area contributed by atoms with Gasteiger partial charge in [-0.05, 0) is 12.1 Å². The topological polar surface area (TPSA) is 55.1 Å². The van der Waals surface area contributed by atoms with Crippen LogP contribution in [0.15, 0.2) is 12.1 Å². The number of hydrogen-bond donors (Lipinski definition) is 2. The number of nitrogen functional groups attached to an aromatic ring is 1. The monoisotopic (exact) mass is 166 g/mol. The summed E-state index contributed by atoms with van der Waals surface area (Å²) in [6, 6.07) is 2.71. The smallest absolute Gasteiger partial charge is 0.252 e. The third kappa shape index (κ3) is 0.845. The first-order chi connectivity index (χ1) is 5.68. The van der Waals surface area contributed by atoms with Crippen molar-refractivity contribution in [2.45, 2.75) is 6.54 Å². The molecule has 1 aliphatic rings. The second-order valence-electron chi connectivity index (χ2n) is 2.71. The molecule has 2 rings (SSSR count). The Bertz CT molecular complexity index is 362. The maximum atomic E-state index is 13.1. The van der Waals surface area contributed by atoms with E-state index < -0.39 is 5.82 Å². The lowest BCUT2D eigenvalue weighted by molar-refractivity contribution is 0.0966. The molecule has 62 valence electrons. The molecule has 3 N–H and O–H groups in total. The Labute approximate surface area is 68.4 Å². The van der Waals surface area contributed by atoms with Crippen LogP contribution in [0, 0.1) is 5.82 Å². The van der Waals surface area contributed by atoms with Crippen molar-refractivity contribution in [2.75, 3.05) is 5.73 Å². The predicted octanol–water partition coefficient (Wildman–Crippen LogP) is 0.651. The van der Waals surface area contributed by atoms with Gasteiger partial charge in [0, 0.05) is 23.4 Å². The van der Waals surface area contributed by atoms with Crippen LogP contribution in [0.4, 0.5) is 10.1 Å². The molecule has 0 fully saturated rings. The van der Waals surface area contributed by atoms with Gasteiger partial charge in [-0.1, -0.05) is 0 Å². The summed E-state index contributed by atoms with van der Waals surface area (Å²) in [4.78, 5) is 11.0. The van der Waals surface area contributed by atoms with Crippen molar-refractivity contribution >= 4 is 11.6 Å². The molecular formula is C8H7FN2O. The van der Waals surface area contributed by atoms with Crippen molar-refractivity contribution in [3.63, 3.8) is 0 Å². The summed E-state index contributed by atoms with van der Waals surface area (Å²) in [5.74, 6) is -0.667. The Kier molecular flexibility index (Phi) is 1.30. The second-order valence-corrected chi connectivity index (χ2v) is 2.71. The summed E-state index contributed by atoms with van der Waals surface area (Å²) in [7, 11) is 0. The molecule has 0 aliphatic carbocycles. The van der Waals surface area contributed by atoms with Crippen molar-refractivity contribution in [3.05, 3.63) is 29.1 Å². The molecule has 12 heavy (non-hydrogen) atoms. The van der Waals surface area contributed by atoms with E-state index in [1.54, 1.807) is 0 Å². The van der Waals surface area contributed by atoms with E-state index in [1.807, 2.05) is 0 Å². The summed E-state index contributed by atoms with van der Waals surface area (Å²) in [5, 5.41) is 2.52. The first-order valence-corrected chi connectivity index (χ1v) is 3.54. The number of rotatable bonds is 0. The number of hydrogen-bond acceptors (Lipinski definition) is 2. The molecule has 0 saturated carbocycles. The molecule has 0 radical (unpaired) electrons. The maximum absolute atomic E-state index is 13.1. The molecule has 0 unspecified atom stereocenters. The van der Waals surface area contributed by atoms with Crippen LogP contribution in [0.25, 0.3) is 0 Å². The Balaban J connectivity index is 2.68. The Hall–Kier alpha value is -1.58. The average Bonchev–Trinajstić information content (AvgIpc) is 2.33. The molecule has 3 nitrogen and oxygen atoms in total. The minimum atomic E-state index is -0.414. The van der Waals surface area contributed by atoms with E-state index in [2.05, 4.69) is 5.32 Å². The van der Waals surface area contributed by atoms with Crippen molar-refractivity contribution in [2.24, 2.45) is 0 Å². The van der Waals surface area contributed by atoms with Crippen molar-refractivity contribution in [3.8, 4) is 0 Å². The highest BCUT2D eigenvalue weighted by Gasteiger charge is 2.22. The van der Waals surface area contributed by atoms with Gasteiger partial charge in [0.25, 0.3) is 5.91 Å². The molecule has 0 aromatic heterocycles. The normalized spacial score (nSPS) is 14.2. The largest absolute Gasteiger partial charge is 0.399 e. The molecule has 0 atom stereocenters. The maximum Gasteiger partial charge on any atom is 0.252 e. The van der Waals surface area contributed by atoms with E-state index in [-0.39, 0.29) is 18.1 Å². The highest BCUT2D eigenvalue weighted by molar-refractivity contribution is 5.99. The third-order valence-electron chi connectivity index (χ3n) is 1.89. The van der Waals surface area contributed by atoms with Gasteiger partial charge in [0.1, 0.15) is 5.82 Å². The van der Waals surface area contributed by atoms with Crippen molar-refractivity contribution in [1.82, 2.24) is 5.32 Å². The van der Waals surface area contributed by atoms with Gasteiger partial charge in [-0.25, -0.2) is 4.39 Å². The van der Waals surface area contributed by atoms with Gasteiger partial charge in [0.05, 0.1) is 0 Å². The summed E-state index contributed by atoms with van der Waals surface area (Å²) in [6.45, 7) is 0.264. The quantitative estimate of drug-likeness (QED) is 0.556. The van der Waals surface area contributed by atoms with Gasteiger partial charge in [0.15, 0.2) is 0 Å². The zero-order chi connectivity index (χ0) is 8.72. The van der Waals surface area contributed by atoms with E-state index in [0.29, 0.717) is 11.1 Å². The molecule has 1 aromatic carbocycles. The number of halogens is 1. The van der Waals surface area contributed by atoms with Crippen LogP contribution in [0.5, 0.6) is 0 Å². The van der Waals surface area contributed by atoms with Gasteiger partial charge < -0.3 is 11.1 Å². The van der Waals surface area contributed by atoms with Crippen molar-refractivity contribution < 1.29 is 9.18 Å². The molecule has 1 aromatic rings. The minimum Gasteiger partial charge on any atom is -0.399 e. The first kappa shape index (κ1) is 7.09. The molecule has 1 heterocycles. The number of benzene rings is 1. The Morgan fingerprint density at radius 3 is 3.00 bits per heavy atom. The summed E-state index contributed by atoms with van der Waals surface area (Å²) in [5.41, 5.74) is 6.42. The second kappa shape index (κ2) is 2.20. The standard InChI is InChI=1S/C8H7FN2O/c9-7-2-4(10)1-5-6(7)3-11-8(5)12/h1-2H,3,10H2,(H,11,12).